The first-order chi connectivity index (χ1) is 9.75. The van der Waals surface area contributed by atoms with E-state index < -0.39 is 6.10 Å². The zero-order chi connectivity index (χ0) is 13.9. The lowest BCUT2D eigenvalue weighted by molar-refractivity contribution is 0.220. The van der Waals surface area contributed by atoms with E-state index in [4.69, 9.17) is 0 Å². The highest BCUT2D eigenvalue weighted by Gasteiger charge is 2.20. The molecule has 1 aliphatic heterocycles. The third-order valence-electron chi connectivity index (χ3n) is 3.85. The molecule has 1 heterocycles. The molecule has 0 aromatic heterocycles. The van der Waals surface area contributed by atoms with Gasteiger partial charge in [-0.25, -0.2) is 0 Å². The van der Waals surface area contributed by atoms with Gasteiger partial charge in [-0.15, -0.1) is 0 Å². The van der Waals surface area contributed by atoms with Gasteiger partial charge in [0, 0.05) is 28.8 Å². The van der Waals surface area contributed by atoms with Crippen LogP contribution in [-0.2, 0) is 0 Å². The van der Waals surface area contributed by atoms with Crippen LogP contribution in [0.3, 0.4) is 0 Å². The van der Waals surface area contributed by atoms with Crippen molar-refractivity contribution in [2.45, 2.75) is 18.9 Å². The van der Waals surface area contributed by atoms with Gasteiger partial charge in [0.15, 0.2) is 0 Å². The first-order valence-electron chi connectivity index (χ1n) is 7.03. The van der Waals surface area contributed by atoms with Crippen molar-refractivity contribution in [3.63, 3.8) is 0 Å². The highest BCUT2D eigenvalue weighted by atomic mass is 79.9. The number of hydrogen-bond acceptors (Lipinski definition) is 2. The number of nitrogens with zero attached hydrogens (tertiary/aromatic N) is 1. The second kappa shape index (κ2) is 5.98. The lowest BCUT2D eigenvalue weighted by Crippen LogP contribution is -2.20. The molecule has 1 atom stereocenters. The standard InChI is InChI=1S/C17H18BrNO/c18-14-8-9-16(19-10-4-5-11-19)15(12-14)17(20)13-6-2-1-3-7-13/h1-3,6-9,12,17,20H,4-5,10-11H2. The van der Waals surface area contributed by atoms with Crippen LogP contribution in [0.2, 0.25) is 0 Å². The van der Waals surface area contributed by atoms with Crippen LogP contribution in [-0.4, -0.2) is 18.2 Å². The second-order valence-corrected chi connectivity index (χ2v) is 6.13. The van der Waals surface area contributed by atoms with Gasteiger partial charge in [0.05, 0.1) is 0 Å². The Morgan fingerprint density at radius 1 is 1.00 bits per heavy atom. The average molecular weight is 332 g/mol. The molecule has 0 radical (unpaired) electrons. The fraction of sp³-hybridized carbons (Fsp3) is 0.294. The van der Waals surface area contributed by atoms with E-state index in [9.17, 15) is 5.11 Å². The SMILES string of the molecule is OC(c1ccccc1)c1cc(Br)ccc1N1CCCC1. The molecule has 1 unspecified atom stereocenters. The quantitative estimate of drug-likeness (QED) is 0.913. The Kier molecular flexibility index (Phi) is 4.08. The summed E-state index contributed by atoms with van der Waals surface area (Å²) in [7, 11) is 0. The van der Waals surface area contributed by atoms with Crippen molar-refractivity contribution >= 4 is 21.6 Å². The second-order valence-electron chi connectivity index (χ2n) is 5.21. The van der Waals surface area contributed by atoms with E-state index in [1.54, 1.807) is 0 Å². The van der Waals surface area contributed by atoms with Crippen LogP contribution in [0.5, 0.6) is 0 Å². The Balaban J connectivity index is 2.00. The summed E-state index contributed by atoms with van der Waals surface area (Å²) in [6, 6.07) is 16.0. The number of aliphatic hydroxyl groups excluding tert-OH is 1. The summed E-state index contributed by atoms with van der Waals surface area (Å²) < 4.78 is 1.01. The molecule has 0 aliphatic carbocycles. The van der Waals surface area contributed by atoms with Crippen LogP contribution in [0, 0.1) is 0 Å². The average Bonchev–Trinajstić information content (AvgIpc) is 3.01. The topological polar surface area (TPSA) is 23.5 Å². The Morgan fingerprint density at radius 3 is 2.40 bits per heavy atom. The molecule has 0 bridgehead atoms. The summed E-state index contributed by atoms with van der Waals surface area (Å²) in [5, 5.41) is 10.7. The van der Waals surface area contributed by atoms with Crippen molar-refractivity contribution in [1.29, 1.82) is 0 Å². The van der Waals surface area contributed by atoms with Crippen molar-refractivity contribution in [3.8, 4) is 0 Å². The maximum absolute atomic E-state index is 10.7. The molecule has 2 nitrogen and oxygen atoms in total. The van der Waals surface area contributed by atoms with Gasteiger partial charge in [-0.3, -0.25) is 0 Å². The number of anilines is 1. The van der Waals surface area contributed by atoms with Gasteiger partial charge in [-0.2, -0.15) is 0 Å². The molecule has 1 N–H and O–H groups in total. The Hall–Kier alpha value is -1.32. The summed E-state index contributed by atoms with van der Waals surface area (Å²) in [6.45, 7) is 2.16. The zero-order valence-corrected chi connectivity index (χ0v) is 12.9. The van der Waals surface area contributed by atoms with Crippen LogP contribution < -0.4 is 4.90 Å². The molecular weight excluding hydrogens is 314 g/mol. The van der Waals surface area contributed by atoms with E-state index in [0.717, 1.165) is 34.4 Å². The van der Waals surface area contributed by atoms with E-state index in [2.05, 4.69) is 33.0 Å². The van der Waals surface area contributed by atoms with Crippen molar-refractivity contribution in [2.24, 2.45) is 0 Å². The molecule has 2 aromatic carbocycles. The summed E-state index contributed by atoms with van der Waals surface area (Å²) in [4.78, 5) is 2.37. The van der Waals surface area contributed by atoms with Crippen LogP contribution in [0.4, 0.5) is 5.69 Å². The largest absolute Gasteiger partial charge is 0.384 e. The highest BCUT2D eigenvalue weighted by molar-refractivity contribution is 9.10. The number of benzene rings is 2. The Morgan fingerprint density at radius 2 is 1.70 bits per heavy atom. The van der Waals surface area contributed by atoms with Gasteiger partial charge < -0.3 is 10.0 Å². The monoisotopic (exact) mass is 331 g/mol. The molecule has 3 heteroatoms. The molecular formula is C17H18BrNO. The summed E-state index contributed by atoms with van der Waals surface area (Å²) in [5.74, 6) is 0. The van der Waals surface area contributed by atoms with Gasteiger partial charge >= 0.3 is 0 Å². The summed E-state index contributed by atoms with van der Waals surface area (Å²) in [6.07, 6.45) is 1.89. The number of hydrogen-bond donors (Lipinski definition) is 1. The lowest BCUT2D eigenvalue weighted by Gasteiger charge is -2.24. The van der Waals surface area contributed by atoms with Gasteiger partial charge in [0.1, 0.15) is 6.10 Å². The van der Waals surface area contributed by atoms with Gasteiger partial charge in [0.2, 0.25) is 0 Å². The molecule has 20 heavy (non-hydrogen) atoms. The van der Waals surface area contributed by atoms with Gasteiger partial charge in [-0.05, 0) is 36.6 Å². The van der Waals surface area contributed by atoms with E-state index >= 15 is 0 Å². The van der Waals surface area contributed by atoms with Crippen LogP contribution in [0.1, 0.15) is 30.1 Å². The molecule has 1 saturated heterocycles. The highest BCUT2D eigenvalue weighted by Crippen LogP contribution is 2.34. The normalized spacial score (nSPS) is 16.4. The number of aliphatic hydroxyl groups is 1. The van der Waals surface area contributed by atoms with E-state index in [1.807, 2.05) is 36.4 Å². The Bertz CT molecular complexity index is 579. The van der Waals surface area contributed by atoms with E-state index in [-0.39, 0.29) is 0 Å². The third kappa shape index (κ3) is 2.74. The smallest absolute Gasteiger partial charge is 0.106 e. The minimum atomic E-state index is -0.579. The summed E-state index contributed by atoms with van der Waals surface area (Å²) >= 11 is 3.52. The van der Waals surface area contributed by atoms with Crippen molar-refractivity contribution in [2.75, 3.05) is 18.0 Å². The fourth-order valence-corrected chi connectivity index (χ4v) is 3.18. The van der Waals surface area contributed by atoms with Crippen LogP contribution in [0.15, 0.2) is 53.0 Å². The van der Waals surface area contributed by atoms with Gasteiger partial charge in [-0.1, -0.05) is 46.3 Å². The Labute approximate surface area is 128 Å². The fourth-order valence-electron chi connectivity index (χ4n) is 2.81. The van der Waals surface area contributed by atoms with Crippen molar-refractivity contribution < 1.29 is 5.11 Å². The maximum Gasteiger partial charge on any atom is 0.106 e. The summed E-state index contributed by atoms with van der Waals surface area (Å²) in [5.41, 5.74) is 3.07. The lowest BCUT2D eigenvalue weighted by atomic mass is 9.99. The van der Waals surface area contributed by atoms with Gasteiger partial charge in [0.25, 0.3) is 0 Å². The molecule has 1 aliphatic rings. The predicted octanol–water partition coefficient (Wildman–Crippen LogP) is 4.13. The van der Waals surface area contributed by atoms with E-state index in [0.29, 0.717) is 0 Å². The first kappa shape index (κ1) is 13.7. The molecule has 2 aromatic rings. The minimum Gasteiger partial charge on any atom is -0.384 e. The van der Waals surface area contributed by atoms with Crippen molar-refractivity contribution in [3.05, 3.63) is 64.1 Å². The maximum atomic E-state index is 10.7. The molecule has 3 rings (SSSR count). The predicted molar refractivity (Wildman–Crippen MR) is 86.1 cm³/mol. The number of halogens is 1. The van der Waals surface area contributed by atoms with E-state index in [1.165, 1.54) is 12.8 Å². The zero-order valence-electron chi connectivity index (χ0n) is 11.3. The first-order valence-corrected chi connectivity index (χ1v) is 7.82. The minimum absolute atomic E-state index is 0.579. The van der Waals surface area contributed by atoms with Crippen LogP contribution in [0.25, 0.3) is 0 Å². The third-order valence-corrected chi connectivity index (χ3v) is 4.34. The molecule has 0 saturated carbocycles. The van der Waals surface area contributed by atoms with Crippen LogP contribution >= 0.6 is 15.9 Å². The molecule has 0 spiro atoms. The number of rotatable bonds is 3. The van der Waals surface area contributed by atoms with Crippen molar-refractivity contribution in [1.82, 2.24) is 0 Å². The molecule has 1 fully saturated rings. The molecule has 104 valence electrons. The molecule has 0 amide bonds.